The van der Waals surface area contributed by atoms with Gasteiger partial charge in [0, 0.05) is 24.2 Å². The molecule has 0 N–H and O–H groups in total. The Balaban J connectivity index is 0.000000474. The molecule has 1 aromatic carbocycles. The standard InChI is InChI=1S/C18H19N3O3.C8H13O.CH3.U/c1-4-5-15(22)13-11-18-19-9-8-14(21(18)20-13)12-6-7-16(23-2)17(10-12)24-3;1-7-2-4-8(6-9)5-3-7;;/h6-11H,4-5H2,1-3H3;7-8H,2-5H2,1H3;1H3;/q;2*-1;+2. The van der Waals surface area contributed by atoms with Gasteiger partial charge in [-0.05, 0) is 36.6 Å². The van der Waals surface area contributed by atoms with Crippen molar-refractivity contribution in [2.75, 3.05) is 14.2 Å². The number of carbonyl (C=O) groups is 1. The Morgan fingerprint density at radius 2 is 1.77 bits per heavy atom. The van der Waals surface area contributed by atoms with Gasteiger partial charge in [-0.15, -0.1) is 5.92 Å². The van der Waals surface area contributed by atoms with Crippen molar-refractivity contribution in [2.24, 2.45) is 11.8 Å². The van der Waals surface area contributed by atoms with E-state index >= 15 is 0 Å². The normalized spacial score (nSPS) is 16.7. The van der Waals surface area contributed by atoms with Crippen LogP contribution in [0.5, 0.6) is 11.5 Å². The van der Waals surface area contributed by atoms with E-state index in [4.69, 9.17) is 9.47 Å². The van der Waals surface area contributed by atoms with Crippen LogP contribution in [0.2, 0.25) is 0 Å². The number of nitrogens with zero attached hydrogens (tertiary/aromatic N) is 3. The van der Waals surface area contributed by atoms with E-state index in [9.17, 15) is 9.59 Å². The zero-order valence-electron chi connectivity index (χ0n) is 21.3. The number of hydrogen-bond acceptors (Lipinski definition) is 6. The number of ketones is 1. The summed E-state index contributed by atoms with van der Waals surface area (Å²) in [5, 5.41) is 4.44. The molecule has 0 atom stereocenters. The molecule has 186 valence electrons. The minimum atomic E-state index is 0. The summed E-state index contributed by atoms with van der Waals surface area (Å²) in [6.45, 7) is 4.22. The van der Waals surface area contributed by atoms with Crippen LogP contribution in [0.3, 0.4) is 0 Å². The van der Waals surface area contributed by atoms with E-state index in [-0.39, 0.29) is 50.2 Å². The van der Waals surface area contributed by atoms with Gasteiger partial charge < -0.3 is 21.7 Å². The second-order valence-corrected chi connectivity index (χ2v) is 8.45. The van der Waals surface area contributed by atoms with Crippen molar-refractivity contribution in [3.05, 3.63) is 49.6 Å². The van der Waals surface area contributed by atoms with Gasteiger partial charge in [-0.2, -0.15) is 5.10 Å². The summed E-state index contributed by atoms with van der Waals surface area (Å²) in [7, 11) is 3.19. The molecule has 1 aliphatic carbocycles. The van der Waals surface area contributed by atoms with Crippen molar-refractivity contribution in [3.63, 3.8) is 0 Å². The molecule has 0 amide bonds. The maximum atomic E-state index is 12.1. The summed E-state index contributed by atoms with van der Waals surface area (Å²) >= 11 is 0. The van der Waals surface area contributed by atoms with Crippen molar-refractivity contribution in [3.8, 4) is 22.8 Å². The Morgan fingerprint density at radius 1 is 1.09 bits per heavy atom. The molecule has 1 saturated carbocycles. The summed E-state index contributed by atoms with van der Waals surface area (Å²) < 4.78 is 12.3. The fourth-order valence-corrected chi connectivity index (χ4v) is 3.98. The SMILES string of the molecule is CC1CCC([C-]=O)CC1.CCCC(=O)c1cc2nccc(-c3ccc(OC)c(OC)c3)n2n1.[CH3-].[U+2]. The van der Waals surface area contributed by atoms with Crippen LogP contribution in [0.25, 0.3) is 16.9 Å². The molecule has 0 spiro atoms. The number of fused-ring (bicyclic) bond motifs is 1. The molecule has 1 fully saturated rings. The van der Waals surface area contributed by atoms with Crippen molar-refractivity contribution >= 4 is 17.7 Å². The van der Waals surface area contributed by atoms with Crippen LogP contribution in [-0.2, 0) is 4.79 Å². The van der Waals surface area contributed by atoms with E-state index in [0.29, 0.717) is 29.3 Å². The van der Waals surface area contributed by atoms with Crippen LogP contribution in [-0.4, -0.2) is 40.9 Å². The first-order chi connectivity index (χ1) is 16.0. The Hall–Kier alpha value is -2.17. The van der Waals surface area contributed by atoms with Gasteiger partial charge in [0.05, 0.1) is 19.9 Å². The molecule has 2 heterocycles. The fraction of sp³-hybridized carbons (Fsp3) is 0.444. The van der Waals surface area contributed by atoms with Crippen LogP contribution in [0.15, 0.2) is 36.5 Å². The van der Waals surface area contributed by atoms with Crippen molar-refractivity contribution < 1.29 is 50.2 Å². The maximum Gasteiger partial charge on any atom is 2.00 e. The predicted molar refractivity (Wildman–Crippen MR) is 134 cm³/mol. The molecule has 2 aromatic heterocycles. The van der Waals surface area contributed by atoms with E-state index in [1.165, 1.54) is 12.8 Å². The third kappa shape index (κ3) is 7.91. The molecule has 4 rings (SSSR count). The Labute approximate surface area is 232 Å². The van der Waals surface area contributed by atoms with Crippen molar-refractivity contribution in [1.82, 2.24) is 14.6 Å². The molecule has 8 heteroatoms. The minimum absolute atomic E-state index is 0. The molecule has 0 unspecified atom stereocenters. The zero-order valence-corrected chi connectivity index (χ0v) is 25.5. The summed E-state index contributed by atoms with van der Waals surface area (Å²) in [4.78, 5) is 26.5. The number of hydrogen-bond donors (Lipinski definition) is 0. The van der Waals surface area contributed by atoms with Gasteiger partial charge in [-0.1, -0.05) is 39.5 Å². The fourth-order valence-electron chi connectivity index (χ4n) is 3.98. The predicted octanol–water partition coefficient (Wildman–Crippen LogP) is 5.77. The summed E-state index contributed by atoms with van der Waals surface area (Å²) in [6.07, 6.45) is 9.65. The van der Waals surface area contributed by atoms with E-state index in [1.807, 2.05) is 31.2 Å². The van der Waals surface area contributed by atoms with Crippen LogP contribution < -0.4 is 9.47 Å². The second-order valence-electron chi connectivity index (χ2n) is 8.45. The van der Waals surface area contributed by atoms with Crippen molar-refractivity contribution in [1.29, 1.82) is 0 Å². The molecule has 35 heavy (non-hydrogen) atoms. The molecule has 0 radical (unpaired) electrons. The van der Waals surface area contributed by atoms with Gasteiger partial charge >= 0.3 is 31.1 Å². The number of Topliss-reactive ketones (excluding diaryl/α,β-unsaturated/α-hetero) is 1. The van der Waals surface area contributed by atoms with Gasteiger partial charge in [-0.3, -0.25) is 11.1 Å². The van der Waals surface area contributed by atoms with Gasteiger partial charge in [0.2, 0.25) is 0 Å². The molecule has 0 bridgehead atoms. The number of carbonyl (C=O) groups excluding carboxylic acids is 2. The van der Waals surface area contributed by atoms with Gasteiger partial charge in [0.1, 0.15) is 5.69 Å². The minimum Gasteiger partial charge on any atom is -0.542 e. The van der Waals surface area contributed by atoms with Crippen LogP contribution in [0.1, 0.15) is 62.9 Å². The molecular formula is C27H35N3O4U. The first-order valence-electron chi connectivity index (χ1n) is 11.5. The van der Waals surface area contributed by atoms with Crippen molar-refractivity contribution in [2.45, 2.75) is 52.4 Å². The number of rotatable bonds is 7. The van der Waals surface area contributed by atoms with E-state index in [1.54, 1.807) is 31.0 Å². The second kappa shape index (κ2) is 15.1. The molecule has 3 aromatic rings. The largest absolute Gasteiger partial charge is 2.00 e. The van der Waals surface area contributed by atoms with Gasteiger partial charge in [0.25, 0.3) is 0 Å². The first kappa shape index (κ1) is 30.9. The van der Waals surface area contributed by atoms with E-state index in [2.05, 4.69) is 23.3 Å². The van der Waals surface area contributed by atoms with E-state index in [0.717, 1.165) is 36.4 Å². The summed E-state index contributed by atoms with van der Waals surface area (Å²) in [6, 6.07) is 9.22. The molecular weight excluding hydrogens is 668 g/mol. The van der Waals surface area contributed by atoms with Gasteiger partial charge in [-0.25, -0.2) is 9.50 Å². The molecule has 7 nitrogen and oxygen atoms in total. The Bertz CT molecular complexity index is 1090. The summed E-state index contributed by atoms with van der Waals surface area (Å²) in [5.74, 6) is 2.43. The quantitative estimate of drug-likeness (QED) is 0.230. The van der Waals surface area contributed by atoms with Crippen LogP contribution in [0, 0.1) is 50.4 Å². The summed E-state index contributed by atoms with van der Waals surface area (Å²) in [5.41, 5.74) is 2.81. The number of methoxy groups -OCH3 is 2. The Morgan fingerprint density at radius 3 is 2.37 bits per heavy atom. The van der Waals surface area contributed by atoms with Crippen LogP contribution in [0.4, 0.5) is 0 Å². The van der Waals surface area contributed by atoms with E-state index < -0.39 is 0 Å². The topological polar surface area (TPSA) is 82.8 Å². The third-order valence-electron chi connectivity index (χ3n) is 5.98. The smallest absolute Gasteiger partial charge is 0.542 e. The first-order valence-corrected chi connectivity index (χ1v) is 11.5. The number of benzene rings is 1. The monoisotopic (exact) mass is 703 g/mol. The molecule has 0 aliphatic heterocycles. The number of aromatic nitrogens is 3. The van der Waals surface area contributed by atoms with Crippen LogP contribution >= 0.6 is 0 Å². The maximum absolute atomic E-state index is 12.1. The Kier molecular flexibility index (Phi) is 13.3. The number of ether oxygens (including phenoxy) is 2. The molecule has 1 aliphatic rings. The zero-order chi connectivity index (χ0) is 23.8. The average Bonchev–Trinajstić information content (AvgIpc) is 3.29. The average molecular weight is 704 g/mol. The van der Waals surface area contributed by atoms with Gasteiger partial charge in [0.15, 0.2) is 22.9 Å². The third-order valence-corrected chi connectivity index (χ3v) is 5.98. The molecule has 0 saturated heterocycles.